The Morgan fingerprint density at radius 1 is 1.33 bits per heavy atom. The number of aryl methyl sites for hydroxylation is 1. The number of hydrogen-bond donors (Lipinski definition) is 1. The van der Waals surface area contributed by atoms with Gasteiger partial charge in [0, 0.05) is 11.6 Å². The van der Waals surface area contributed by atoms with Crippen LogP contribution in [0.5, 0.6) is 5.75 Å². The van der Waals surface area contributed by atoms with Gasteiger partial charge in [0.25, 0.3) is 0 Å². The predicted molar refractivity (Wildman–Crippen MR) is 64.8 cm³/mol. The summed E-state index contributed by atoms with van der Waals surface area (Å²) in [5.74, 6) is 0.884. The largest absolute Gasteiger partial charge is 0.492 e. The second-order valence-electron chi connectivity index (χ2n) is 3.51. The molecule has 84 valence electrons. The highest BCUT2D eigenvalue weighted by Crippen LogP contribution is 2.20. The Morgan fingerprint density at radius 2 is 2.13 bits per heavy atom. The minimum Gasteiger partial charge on any atom is -0.492 e. The summed E-state index contributed by atoms with van der Waals surface area (Å²) >= 11 is 5.92. The van der Waals surface area contributed by atoms with Gasteiger partial charge in [-0.3, -0.25) is 0 Å². The Balaban J connectivity index is 2.28. The summed E-state index contributed by atoms with van der Waals surface area (Å²) in [5, 5.41) is 4.06. The Labute approximate surface area is 96.6 Å². The quantitative estimate of drug-likeness (QED) is 0.755. The summed E-state index contributed by atoms with van der Waals surface area (Å²) in [6, 6.07) is 5.73. The number of benzene rings is 1. The van der Waals surface area contributed by atoms with Crippen LogP contribution in [0, 0.1) is 6.92 Å². The van der Waals surface area contributed by atoms with Gasteiger partial charge in [0.1, 0.15) is 12.4 Å². The number of halogens is 1. The van der Waals surface area contributed by atoms with Crippen molar-refractivity contribution in [3.05, 3.63) is 28.8 Å². The van der Waals surface area contributed by atoms with E-state index in [0.717, 1.165) is 35.8 Å². The first-order valence-electron chi connectivity index (χ1n) is 5.33. The van der Waals surface area contributed by atoms with Gasteiger partial charge in [-0.15, -0.1) is 0 Å². The molecule has 0 aliphatic heterocycles. The lowest BCUT2D eigenvalue weighted by atomic mass is 10.2. The van der Waals surface area contributed by atoms with Crippen LogP contribution in [-0.4, -0.2) is 19.7 Å². The van der Waals surface area contributed by atoms with E-state index in [1.54, 1.807) is 0 Å². The molecule has 0 spiro atoms. The maximum atomic E-state index is 5.92. The highest BCUT2D eigenvalue weighted by Gasteiger charge is 1.97. The first-order chi connectivity index (χ1) is 7.24. The van der Waals surface area contributed by atoms with Gasteiger partial charge in [0.15, 0.2) is 0 Å². The van der Waals surface area contributed by atoms with Crippen molar-refractivity contribution in [3.63, 3.8) is 0 Å². The third-order valence-electron chi connectivity index (χ3n) is 2.10. The molecule has 0 atom stereocenters. The molecule has 0 radical (unpaired) electrons. The topological polar surface area (TPSA) is 21.3 Å². The zero-order valence-corrected chi connectivity index (χ0v) is 10.1. The first-order valence-corrected chi connectivity index (χ1v) is 5.71. The molecule has 0 saturated heterocycles. The van der Waals surface area contributed by atoms with Crippen molar-refractivity contribution in [2.24, 2.45) is 0 Å². The summed E-state index contributed by atoms with van der Waals surface area (Å²) < 4.78 is 5.57. The summed E-state index contributed by atoms with van der Waals surface area (Å²) in [6.45, 7) is 6.75. The summed E-state index contributed by atoms with van der Waals surface area (Å²) in [5.41, 5.74) is 1.05. The van der Waals surface area contributed by atoms with Crippen molar-refractivity contribution in [1.29, 1.82) is 0 Å². The fraction of sp³-hybridized carbons (Fsp3) is 0.500. The van der Waals surface area contributed by atoms with Crippen LogP contribution in [0.2, 0.25) is 5.02 Å². The maximum Gasteiger partial charge on any atom is 0.119 e. The molecule has 1 aromatic carbocycles. The van der Waals surface area contributed by atoms with Crippen LogP contribution in [0.3, 0.4) is 0 Å². The lowest BCUT2D eigenvalue weighted by molar-refractivity contribution is 0.314. The van der Waals surface area contributed by atoms with Crippen molar-refractivity contribution in [2.45, 2.75) is 20.3 Å². The molecule has 3 heteroatoms. The first kappa shape index (κ1) is 12.3. The van der Waals surface area contributed by atoms with E-state index in [-0.39, 0.29) is 0 Å². The molecule has 0 bridgehead atoms. The lowest BCUT2D eigenvalue weighted by Gasteiger charge is -2.08. The van der Waals surface area contributed by atoms with E-state index in [4.69, 9.17) is 16.3 Å². The molecule has 0 amide bonds. The Kier molecular flexibility index (Phi) is 5.51. The predicted octanol–water partition coefficient (Wildman–Crippen LogP) is 3.03. The number of nitrogens with one attached hydrogen (secondary N) is 1. The molecule has 1 N–H and O–H groups in total. The molecule has 2 nitrogen and oxygen atoms in total. The van der Waals surface area contributed by atoms with Crippen molar-refractivity contribution < 1.29 is 4.74 Å². The van der Waals surface area contributed by atoms with Crippen LogP contribution in [-0.2, 0) is 0 Å². The van der Waals surface area contributed by atoms with Gasteiger partial charge in [-0.05, 0) is 43.7 Å². The van der Waals surface area contributed by atoms with Crippen molar-refractivity contribution in [2.75, 3.05) is 19.7 Å². The van der Waals surface area contributed by atoms with E-state index < -0.39 is 0 Å². The molecule has 0 aliphatic carbocycles. The van der Waals surface area contributed by atoms with Crippen LogP contribution in [0.25, 0.3) is 0 Å². The Hall–Kier alpha value is -0.730. The third kappa shape index (κ3) is 4.54. The van der Waals surface area contributed by atoms with Gasteiger partial charge in [-0.25, -0.2) is 0 Å². The molecule has 1 rings (SSSR count). The second kappa shape index (κ2) is 6.70. The maximum absolute atomic E-state index is 5.92. The van der Waals surface area contributed by atoms with Crippen molar-refractivity contribution >= 4 is 11.6 Å². The van der Waals surface area contributed by atoms with Crippen LogP contribution in [0.1, 0.15) is 18.9 Å². The van der Waals surface area contributed by atoms with Crippen LogP contribution in [0.4, 0.5) is 0 Å². The fourth-order valence-corrected chi connectivity index (χ4v) is 1.37. The third-order valence-corrected chi connectivity index (χ3v) is 2.53. The fourth-order valence-electron chi connectivity index (χ4n) is 1.25. The molecule has 0 aliphatic rings. The van der Waals surface area contributed by atoms with Crippen LogP contribution >= 0.6 is 11.6 Å². The summed E-state index contributed by atoms with van der Waals surface area (Å²) in [6.07, 6.45) is 1.15. The van der Waals surface area contributed by atoms with Gasteiger partial charge < -0.3 is 10.1 Å². The summed E-state index contributed by atoms with van der Waals surface area (Å²) in [7, 11) is 0. The Morgan fingerprint density at radius 3 is 2.80 bits per heavy atom. The second-order valence-corrected chi connectivity index (χ2v) is 3.92. The zero-order chi connectivity index (χ0) is 11.1. The SMILES string of the molecule is CCCNCCOc1ccc(Cl)c(C)c1. The van der Waals surface area contributed by atoms with E-state index in [9.17, 15) is 0 Å². The smallest absolute Gasteiger partial charge is 0.119 e. The number of ether oxygens (including phenoxy) is 1. The molecule has 0 unspecified atom stereocenters. The van der Waals surface area contributed by atoms with Gasteiger partial charge in [0.2, 0.25) is 0 Å². The minimum atomic E-state index is 0.696. The van der Waals surface area contributed by atoms with Crippen LogP contribution < -0.4 is 10.1 Å². The molecule has 15 heavy (non-hydrogen) atoms. The van der Waals surface area contributed by atoms with Crippen LogP contribution in [0.15, 0.2) is 18.2 Å². The van der Waals surface area contributed by atoms with E-state index in [2.05, 4.69) is 12.2 Å². The highest BCUT2D eigenvalue weighted by molar-refractivity contribution is 6.31. The standard InChI is InChI=1S/C12H18ClNO/c1-3-6-14-7-8-15-11-4-5-12(13)10(2)9-11/h4-5,9,14H,3,6-8H2,1-2H3. The van der Waals surface area contributed by atoms with Gasteiger partial charge >= 0.3 is 0 Å². The molecule has 0 aromatic heterocycles. The van der Waals surface area contributed by atoms with Crippen molar-refractivity contribution in [3.8, 4) is 5.75 Å². The van der Waals surface area contributed by atoms with Gasteiger partial charge in [-0.1, -0.05) is 18.5 Å². The average Bonchev–Trinajstić information content (AvgIpc) is 2.23. The van der Waals surface area contributed by atoms with E-state index in [1.165, 1.54) is 0 Å². The Bertz CT molecular complexity index is 302. The average molecular weight is 228 g/mol. The van der Waals surface area contributed by atoms with Gasteiger partial charge in [-0.2, -0.15) is 0 Å². The zero-order valence-electron chi connectivity index (χ0n) is 9.35. The van der Waals surface area contributed by atoms with E-state index in [1.807, 2.05) is 25.1 Å². The monoisotopic (exact) mass is 227 g/mol. The lowest BCUT2D eigenvalue weighted by Crippen LogP contribution is -2.21. The molecule has 0 saturated carbocycles. The molecule has 0 heterocycles. The molecular formula is C12H18ClNO. The number of rotatable bonds is 6. The number of hydrogen-bond acceptors (Lipinski definition) is 2. The highest BCUT2D eigenvalue weighted by atomic mass is 35.5. The molecule has 1 aromatic rings. The molecular weight excluding hydrogens is 210 g/mol. The van der Waals surface area contributed by atoms with E-state index >= 15 is 0 Å². The minimum absolute atomic E-state index is 0.696. The normalized spacial score (nSPS) is 10.3. The molecule has 0 fully saturated rings. The van der Waals surface area contributed by atoms with Crippen molar-refractivity contribution in [1.82, 2.24) is 5.32 Å². The summed E-state index contributed by atoms with van der Waals surface area (Å²) in [4.78, 5) is 0. The van der Waals surface area contributed by atoms with Gasteiger partial charge in [0.05, 0.1) is 0 Å². The van der Waals surface area contributed by atoms with E-state index in [0.29, 0.717) is 6.61 Å².